The van der Waals surface area contributed by atoms with Crippen molar-refractivity contribution in [3.63, 3.8) is 0 Å². The van der Waals surface area contributed by atoms with Gasteiger partial charge in [0, 0.05) is 19.1 Å². The van der Waals surface area contributed by atoms with Gasteiger partial charge in [-0.15, -0.1) is 0 Å². The molecular weight excluding hydrogens is 260 g/mol. The maximum atomic E-state index is 10.4. The number of anilines is 2. The van der Waals surface area contributed by atoms with Crippen LogP contribution < -0.4 is 16.4 Å². The molecule has 0 saturated carbocycles. The molecule has 1 heterocycles. The van der Waals surface area contributed by atoms with Crippen molar-refractivity contribution >= 4 is 17.9 Å². The number of nitrogens with two attached hydrogens (primary N) is 1. The molecule has 0 aliphatic carbocycles. The molecule has 0 spiro atoms. The van der Waals surface area contributed by atoms with Crippen molar-refractivity contribution in [2.45, 2.75) is 39.2 Å². The van der Waals surface area contributed by atoms with Gasteiger partial charge in [0.15, 0.2) is 0 Å². The fourth-order valence-electron chi connectivity index (χ4n) is 1.49. The van der Waals surface area contributed by atoms with Crippen LogP contribution in [-0.4, -0.2) is 45.2 Å². The van der Waals surface area contributed by atoms with E-state index in [1.165, 1.54) is 0 Å². The molecule has 8 nitrogen and oxygen atoms in total. The molecule has 1 unspecified atom stereocenters. The lowest BCUT2D eigenvalue weighted by molar-refractivity contribution is -0.136. The molecule has 5 N–H and O–H groups in total. The van der Waals surface area contributed by atoms with Gasteiger partial charge in [-0.1, -0.05) is 6.92 Å². The highest BCUT2D eigenvalue weighted by Crippen LogP contribution is 2.05. The summed E-state index contributed by atoms with van der Waals surface area (Å²) in [7, 11) is 0. The first kappa shape index (κ1) is 16.1. The van der Waals surface area contributed by atoms with Crippen LogP contribution in [0.1, 0.15) is 32.0 Å². The second kappa shape index (κ2) is 8.26. The Morgan fingerprint density at radius 2 is 1.85 bits per heavy atom. The summed E-state index contributed by atoms with van der Waals surface area (Å²) in [4.78, 5) is 22.9. The molecular formula is C12H22N6O2. The Labute approximate surface area is 118 Å². The molecule has 0 aromatic carbocycles. The quantitative estimate of drug-likeness (QED) is 0.519. The minimum atomic E-state index is -0.866. The summed E-state index contributed by atoms with van der Waals surface area (Å²) < 4.78 is 0. The van der Waals surface area contributed by atoms with Crippen LogP contribution in [0.15, 0.2) is 0 Å². The smallest absolute Gasteiger partial charge is 0.305 e. The van der Waals surface area contributed by atoms with Gasteiger partial charge in [0.25, 0.3) is 0 Å². The second-order valence-corrected chi connectivity index (χ2v) is 4.48. The number of nitrogens with one attached hydrogen (secondary N) is 2. The minimum absolute atomic E-state index is 0.0127. The zero-order valence-electron chi connectivity index (χ0n) is 11.9. The predicted octanol–water partition coefficient (Wildman–Crippen LogP) is 0.606. The molecule has 0 aliphatic heterocycles. The maximum absolute atomic E-state index is 10.4. The van der Waals surface area contributed by atoms with Crippen LogP contribution in [0.3, 0.4) is 0 Å². The van der Waals surface area contributed by atoms with Crippen molar-refractivity contribution in [3.8, 4) is 0 Å². The van der Waals surface area contributed by atoms with Gasteiger partial charge in [-0.25, -0.2) is 0 Å². The van der Waals surface area contributed by atoms with Crippen LogP contribution in [0.2, 0.25) is 0 Å². The highest BCUT2D eigenvalue weighted by molar-refractivity contribution is 5.67. The van der Waals surface area contributed by atoms with E-state index >= 15 is 0 Å². The molecule has 1 aromatic heterocycles. The zero-order chi connectivity index (χ0) is 15.0. The fraction of sp³-hybridized carbons (Fsp3) is 0.667. The fourth-order valence-corrected chi connectivity index (χ4v) is 1.49. The summed E-state index contributed by atoms with van der Waals surface area (Å²) >= 11 is 0. The molecule has 0 saturated heterocycles. The molecule has 112 valence electrons. The summed E-state index contributed by atoms with van der Waals surface area (Å²) in [6.07, 6.45) is 1.78. The van der Waals surface area contributed by atoms with Crippen molar-refractivity contribution < 1.29 is 9.90 Å². The molecule has 0 fully saturated rings. The van der Waals surface area contributed by atoms with E-state index < -0.39 is 5.97 Å². The minimum Gasteiger partial charge on any atom is -0.481 e. The van der Waals surface area contributed by atoms with E-state index in [9.17, 15) is 4.79 Å². The van der Waals surface area contributed by atoms with Gasteiger partial charge in [-0.3, -0.25) is 4.79 Å². The lowest BCUT2D eigenvalue weighted by Gasteiger charge is -2.10. The van der Waals surface area contributed by atoms with E-state index in [1.807, 2.05) is 6.92 Å². The van der Waals surface area contributed by atoms with Crippen molar-refractivity contribution in [1.82, 2.24) is 15.0 Å². The predicted molar refractivity (Wildman–Crippen MR) is 76.7 cm³/mol. The Morgan fingerprint density at radius 1 is 1.25 bits per heavy atom. The SMILES string of the molecule is CCC(N)CCNc1nc(C)nc(NCCC(=O)O)n1. The molecule has 1 aromatic rings. The summed E-state index contributed by atoms with van der Waals surface area (Å²) in [6, 6.07) is 0.165. The van der Waals surface area contributed by atoms with Crippen molar-refractivity contribution in [2.75, 3.05) is 23.7 Å². The Hall–Kier alpha value is -1.96. The maximum Gasteiger partial charge on any atom is 0.305 e. The highest BCUT2D eigenvalue weighted by atomic mass is 16.4. The third kappa shape index (κ3) is 6.28. The van der Waals surface area contributed by atoms with E-state index in [-0.39, 0.29) is 19.0 Å². The van der Waals surface area contributed by atoms with Gasteiger partial charge in [-0.05, 0) is 19.8 Å². The topological polar surface area (TPSA) is 126 Å². The van der Waals surface area contributed by atoms with Crippen molar-refractivity contribution in [1.29, 1.82) is 0 Å². The van der Waals surface area contributed by atoms with Gasteiger partial charge < -0.3 is 21.5 Å². The average molecular weight is 282 g/mol. The number of hydrogen-bond acceptors (Lipinski definition) is 7. The van der Waals surface area contributed by atoms with Gasteiger partial charge >= 0.3 is 5.97 Å². The first-order valence-electron chi connectivity index (χ1n) is 6.69. The Balaban J connectivity index is 2.50. The Bertz CT molecular complexity index is 440. The number of rotatable bonds is 9. The molecule has 20 heavy (non-hydrogen) atoms. The Kier molecular flexibility index (Phi) is 6.65. The molecule has 1 atom stereocenters. The third-order valence-corrected chi connectivity index (χ3v) is 2.69. The lowest BCUT2D eigenvalue weighted by Crippen LogP contribution is -2.22. The average Bonchev–Trinajstić information content (AvgIpc) is 2.37. The van der Waals surface area contributed by atoms with Crippen molar-refractivity contribution in [2.24, 2.45) is 5.73 Å². The first-order chi connectivity index (χ1) is 9.51. The number of aryl methyl sites for hydroxylation is 1. The monoisotopic (exact) mass is 282 g/mol. The zero-order valence-corrected chi connectivity index (χ0v) is 11.9. The lowest BCUT2D eigenvalue weighted by atomic mass is 10.2. The second-order valence-electron chi connectivity index (χ2n) is 4.48. The van der Waals surface area contributed by atoms with E-state index in [0.29, 0.717) is 24.3 Å². The van der Waals surface area contributed by atoms with Crippen LogP contribution in [0.4, 0.5) is 11.9 Å². The van der Waals surface area contributed by atoms with Crippen LogP contribution in [0, 0.1) is 6.92 Å². The number of hydrogen-bond donors (Lipinski definition) is 4. The highest BCUT2D eigenvalue weighted by Gasteiger charge is 2.05. The molecule has 0 bridgehead atoms. The number of carbonyl (C=O) groups is 1. The molecule has 0 aliphatic rings. The normalized spacial score (nSPS) is 11.9. The van der Waals surface area contributed by atoms with Crippen LogP contribution in [-0.2, 0) is 4.79 Å². The van der Waals surface area contributed by atoms with Crippen LogP contribution >= 0.6 is 0 Å². The van der Waals surface area contributed by atoms with Crippen LogP contribution in [0.25, 0.3) is 0 Å². The number of nitrogens with zero attached hydrogens (tertiary/aromatic N) is 3. The number of aliphatic carboxylic acids is 1. The number of carboxylic acid groups (broad SMARTS) is 1. The van der Waals surface area contributed by atoms with Gasteiger partial charge in [-0.2, -0.15) is 15.0 Å². The van der Waals surface area contributed by atoms with Gasteiger partial charge in [0.1, 0.15) is 5.82 Å². The number of aromatic nitrogens is 3. The molecule has 8 heteroatoms. The van der Waals surface area contributed by atoms with E-state index in [0.717, 1.165) is 12.8 Å². The van der Waals surface area contributed by atoms with Crippen molar-refractivity contribution in [3.05, 3.63) is 5.82 Å². The summed E-state index contributed by atoms with van der Waals surface area (Å²) in [6.45, 7) is 4.77. The summed E-state index contributed by atoms with van der Waals surface area (Å²) in [5.74, 6) is 0.551. The van der Waals surface area contributed by atoms with Gasteiger partial charge in [0.05, 0.1) is 6.42 Å². The van der Waals surface area contributed by atoms with Gasteiger partial charge in [0.2, 0.25) is 11.9 Å². The van der Waals surface area contributed by atoms with E-state index in [4.69, 9.17) is 10.8 Å². The standard InChI is InChI=1S/C12H22N6O2/c1-3-9(13)4-6-14-11-16-8(2)17-12(18-11)15-7-5-10(19)20/h9H,3-7,13H2,1-2H3,(H,19,20)(H2,14,15,16,17,18). The molecule has 1 rings (SSSR count). The van der Waals surface area contributed by atoms with Crippen LogP contribution in [0.5, 0.6) is 0 Å². The largest absolute Gasteiger partial charge is 0.481 e. The van der Waals surface area contributed by atoms with E-state index in [1.54, 1.807) is 6.92 Å². The summed E-state index contributed by atoms with van der Waals surface area (Å²) in [5.41, 5.74) is 5.83. The number of carboxylic acids is 1. The summed E-state index contributed by atoms with van der Waals surface area (Å²) in [5, 5.41) is 14.5. The third-order valence-electron chi connectivity index (χ3n) is 2.69. The first-order valence-corrected chi connectivity index (χ1v) is 6.69. The Morgan fingerprint density at radius 3 is 2.40 bits per heavy atom. The van der Waals surface area contributed by atoms with E-state index in [2.05, 4.69) is 25.6 Å². The molecule has 0 radical (unpaired) electrons. The molecule has 0 amide bonds.